The van der Waals surface area contributed by atoms with Crippen molar-refractivity contribution in [2.24, 2.45) is 0 Å². The molecule has 0 saturated carbocycles. The molecule has 8 heteroatoms. The van der Waals surface area contributed by atoms with Crippen LogP contribution in [0.4, 0.5) is 17.1 Å². The normalized spacial score (nSPS) is 13.9. The van der Waals surface area contributed by atoms with Crippen LogP contribution in [0.5, 0.6) is 0 Å². The Bertz CT molecular complexity index is 1360. The van der Waals surface area contributed by atoms with E-state index < -0.39 is 4.92 Å². The monoisotopic (exact) mass is 423 g/mol. The highest BCUT2D eigenvalue weighted by Gasteiger charge is 2.30. The summed E-state index contributed by atoms with van der Waals surface area (Å²) >= 11 is 0. The summed E-state index contributed by atoms with van der Waals surface area (Å²) in [4.78, 5) is 31.2. The Kier molecular flexibility index (Phi) is 4.72. The molecule has 1 aliphatic rings. The van der Waals surface area contributed by atoms with Gasteiger partial charge in [-0.1, -0.05) is 48.5 Å². The molecular formula is C24H17N5O3. The van der Waals surface area contributed by atoms with Crippen LogP contribution in [-0.4, -0.2) is 20.8 Å². The Hall–Kier alpha value is -4.72. The topological polar surface area (TPSA) is 113 Å². The Morgan fingerprint density at radius 3 is 2.50 bits per heavy atom. The molecule has 0 saturated heterocycles. The fourth-order valence-corrected chi connectivity index (χ4v) is 3.76. The number of aromatic amines is 1. The third kappa shape index (κ3) is 3.39. The summed E-state index contributed by atoms with van der Waals surface area (Å²) in [6.07, 6.45) is 3.39. The number of non-ortho nitro benzene ring substituents is 1. The van der Waals surface area contributed by atoms with Crippen LogP contribution in [0.2, 0.25) is 0 Å². The lowest BCUT2D eigenvalue weighted by molar-refractivity contribution is -0.384. The van der Waals surface area contributed by atoms with E-state index in [1.807, 2.05) is 54.6 Å². The number of hydrogen-bond donors (Lipinski definition) is 3. The first kappa shape index (κ1) is 19.3. The second-order valence-electron chi connectivity index (χ2n) is 7.18. The number of nitrogens with zero attached hydrogens (tertiary/aromatic N) is 2. The van der Waals surface area contributed by atoms with E-state index in [0.717, 1.165) is 22.5 Å². The molecule has 1 aliphatic heterocycles. The quantitative estimate of drug-likeness (QED) is 0.240. The van der Waals surface area contributed by atoms with Crippen LogP contribution in [-0.2, 0) is 4.79 Å². The van der Waals surface area contributed by atoms with Gasteiger partial charge in [0.2, 0.25) is 0 Å². The van der Waals surface area contributed by atoms with Crippen LogP contribution in [0.3, 0.4) is 0 Å². The van der Waals surface area contributed by atoms with Crippen molar-refractivity contribution in [3.63, 3.8) is 0 Å². The first-order valence-corrected chi connectivity index (χ1v) is 9.87. The second kappa shape index (κ2) is 7.84. The number of carbonyl (C=O) groups excluding carboxylic acids is 1. The summed E-state index contributed by atoms with van der Waals surface area (Å²) in [5.74, 6) is -0.330. The largest absolute Gasteiger partial charge is 0.354 e. The number of nitro groups is 1. The maximum atomic E-state index is 13.0. The molecule has 1 amide bonds. The van der Waals surface area contributed by atoms with Gasteiger partial charge in [-0.05, 0) is 17.7 Å². The smallest absolute Gasteiger partial charge is 0.270 e. The van der Waals surface area contributed by atoms with Gasteiger partial charge in [0.1, 0.15) is 0 Å². The number of nitrogens with one attached hydrogen (secondary N) is 3. The van der Waals surface area contributed by atoms with E-state index >= 15 is 0 Å². The summed E-state index contributed by atoms with van der Waals surface area (Å²) in [6, 6.07) is 21.4. The van der Waals surface area contributed by atoms with Crippen LogP contribution in [0.15, 0.2) is 85.3 Å². The fraction of sp³-hybridized carbons (Fsp3) is 0. The summed E-state index contributed by atoms with van der Waals surface area (Å²) in [5, 5.41) is 17.6. The zero-order valence-corrected chi connectivity index (χ0v) is 16.7. The summed E-state index contributed by atoms with van der Waals surface area (Å²) < 4.78 is 0. The molecule has 4 aromatic rings. The predicted octanol–water partition coefficient (Wildman–Crippen LogP) is 4.92. The number of imidazole rings is 1. The Balaban J connectivity index is 1.72. The average molecular weight is 423 g/mol. The number of carbonyl (C=O) groups is 1. The molecule has 0 radical (unpaired) electrons. The van der Waals surface area contributed by atoms with Gasteiger partial charge in [0.25, 0.3) is 11.6 Å². The lowest BCUT2D eigenvalue weighted by atomic mass is 9.99. The van der Waals surface area contributed by atoms with Gasteiger partial charge in [-0.25, -0.2) is 4.98 Å². The molecule has 5 rings (SSSR count). The molecule has 0 bridgehead atoms. The van der Waals surface area contributed by atoms with E-state index in [1.165, 1.54) is 12.1 Å². The van der Waals surface area contributed by atoms with Gasteiger partial charge in [-0.15, -0.1) is 0 Å². The van der Waals surface area contributed by atoms with Crippen molar-refractivity contribution in [2.45, 2.75) is 0 Å². The highest BCUT2D eigenvalue weighted by Crippen LogP contribution is 2.40. The lowest BCUT2D eigenvalue weighted by Gasteiger charge is -2.17. The summed E-state index contributed by atoms with van der Waals surface area (Å²) in [7, 11) is 0. The molecule has 8 nitrogen and oxygen atoms in total. The zero-order valence-electron chi connectivity index (χ0n) is 16.7. The van der Waals surface area contributed by atoms with Gasteiger partial charge < -0.3 is 15.6 Å². The van der Waals surface area contributed by atoms with E-state index in [2.05, 4.69) is 20.6 Å². The fourth-order valence-electron chi connectivity index (χ4n) is 3.76. The molecule has 156 valence electrons. The van der Waals surface area contributed by atoms with E-state index in [0.29, 0.717) is 22.5 Å². The van der Waals surface area contributed by atoms with Crippen LogP contribution in [0, 0.1) is 10.1 Å². The Labute approximate surface area is 182 Å². The van der Waals surface area contributed by atoms with Crippen molar-refractivity contribution in [2.75, 3.05) is 10.6 Å². The number of amides is 1. The third-order valence-electron chi connectivity index (χ3n) is 5.23. The second-order valence-corrected chi connectivity index (χ2v) is 7.18. The number of rotatable bonds is 5. The number of para-hydroxylation sites is 1. The number of H-pyrrole nitrogens is 1. The van der Waals surface area contributed by atoms with Crippen molar-refractivity contribution in [3.05, 3.63) is 107 Å². The highest BCUT2D eigenvalue weighted by molar-refractivity contribution is 6.37. The molecule has 0 atom stereocenters. The molecular weight excluding hydrogens is 406 g/mol. The predicted molar refractivity (Wildman–Crippen MR) is 123 cm³/mol. The molecule has 0 aliphatic carbocycles. The van der Waals surface area contributed by atoms with Crippen molar-refractivity contribution in [1.82, 2.24) is 9.97 Å². The molecule has 0 spiro atoms. The lowest BCUT2D eigenvalue weighted by Crippen LogP contribution is -2.10. The number of hydrogen-bond acceptors (Lipinski definition) is 5. The van der Waals surface area contributed by atoms with Gasteiger partial charge in [-0.2, -0.15) is 0 Å². The van der Waals surface area contributed by atoms with Crippen molar-refractivity contribution < 1.29 is 9.72 Å². The van der Waals surface area contributed by atoms with Crippen LogP contribution < -0.4 is 10.6 Å². The maximum absolute atomic E-state index is 13.0. The number of aromatic nitrogens is 2. The SMILES string of the molecule is O=C1Nc2ccc([N+](=O)[O-])cc2C1=C(Nc1ccccc1-c1c[nH]cn1)c1ccccc1. The molecule has 0 unspecified atom stereocenters. The Morgan fingerprint density at radius 1 is 0.969 bits per heavy atom. The van der Waals surface area contributed by atoms with Gasteiger partial charge in [0.15, 0.2) is 0 Å². The minimum absolute atomic E-state index is 0.0814. The Morgan fingerprint density at radius 2 is 1.75 bits per heavy atom. The van der Waals surface area contributed by atoms with Gasteiger partial charge in [-0.3, -0.25) is 14.9 Å². The molecule has 0 fully saturated rings. The molecule has 2 heterocycles. The molecule has 3 aromatic carbocycles. The average Bonchev–Trinajstić information content (AvgIpc) is 3.45. The van der Waals surface area contributed by atoms with Crippen LogP contribution in [0.1, 0.15) is 11.1 Å². The molecule has 3 N–H and O–H groups in total. The first-order chi connectivity index (χ1) is 15.6. The van der Waals surface area contributed by atoms with Crippen LogP contribution in [0.25, 0.3) is 22.5 Å². The standard InChI is InChI=1S/C24H17N5O3/c30-24-22(18-12-16(29(31)32)10-11-20(18)28-24)23(15-6-2-1-3-7-15)27-19-9-5-4-8-17(19)21-13-25-14-26-21/h1-14,27H,(H,25,26)(H,28,30). The van der Waals surface area contributed by atoms with Gasteiger partial charge in [0, 0.05) is 40.8 Å². The minimum atomic E-state index is -0.469. The summed E-state index contributed by atoms with van der Waals surface area (Å²) in [5.41, 5.74) is 4.93. The van der Waals surface area contributed by atoms with Crippen molar-refractivity contribution in [1.29, 1.82) is 0 Å². The van der Waals surface area contributed by atoms with Crippen molar-refractivity contribution in [3.8, 4) is 11.3 Å². The maximum Gasteiger partial charge on any atom is 0.270 e. The van der Waals surface area contributed by atoms with Crippen molar-refractivity contribution >= 4 is 34.2 Å². The number of nitro benzene ring substituents is 1. The number of anilines is 2. The van der Waals surface area contributed by atoms with E-state index in [1.54, 1.807) is 18.6 Å². The molecule has 1 aromatic heterocycles. The summed E-state index contributed by atoms with van der Waals surface area (Å²) in [6.45, 7) is 0. The van der Waals surface area contributed by atoms with E-state index in [9.17, 15) is 14.9 Å². The van der Waals surface area contributed by atoms with E-state index in [4.69, 9.17) is 0 Å². The van der Waals surface area contributed by atoms with Crippen LogP contribution >= 0.6 is 0 Å². The molecule has 32 heavy (non-hydrogen) atoms. The minimum Gasteiger partial charge on any atom is -0.354 e. The highest BCUT2D eigenvalue weighted by atomic mass is 16.6. The van der Waals surface area contributed by atoms with E-state index in [-0.39, 0.29) is 11.6 Å². The van der Waals surface area contributed by atoms with Gasteiger partial charge >= 0.3 is 0 Å². The zero-order chi connectivity index (χ0) is 22.1. The first-order valence-electron chi connectivity index (χ1n) is 9.87. The number of benzene rings is 3. The third-order valence-corrected chi connectivity index (χ3v) is 5.23. The number of fused-ring (bicyclic) bond motifs is 1. The van der Waals surface area contributed by atoms with Gasteiger partial charge in [0.05, 0.1) is 28.2 Å².